The van der Waals surface area contributed by atoms with Crippen LogP contribution in [-0.2, 0) is 0 Å². The molecule has 0 bridgehead atoms. The first-order valence-electron chi connectivity index (χ1n) is 10.4. The number of rotatable bonds is 6. The van der Waals surface area contributed by atoms with E-state index >= 15 is 0 Å². The predicted octanol–water partition coefficient (Wildman–Crippen LogP) is 6.44. The molecule has 0 aliphatic carbocycles. The van der Waals surface area contributed by atoms with E-state index in [1.807, 2.05) is 59.3 Å². The first kappa shape index (κ1) is 21.7. The maximum atomic E-state index is 12.6. The fourth-order valence-corrected chi connectivity index (χ4v) is 4.59. The third kappa shape index (κ3) is 4.93. The minimum Gasteiger partial charge on any atom is -0.322 e. The lowest BCUT2D eigenvalue weighted by Crippen LogP contribution is -2.14. The predicted molar refractivity (Wildman–Crippen MR) is 137 cm³/mol. The Kier molecular flexibility index (Phi) is 6.24. The minimum absolute atomic E-state index is 0.244. The second-order valence-corrected chi connectivity index (χ2v) is 9.10. The Morgan fingerprint density at radius 1 is 0.559 bits per heavy atom. The van der Waals surface area contributed by atoms with E-state index in [1.165, 1.54) is 0 Å². The van der Waals surface area contributed by atoms with E-state index in [9.17, 15) is 9.59 Å². The zero-order valence-corrected chi connectivity index (χ0v) is 19.4. The molecule has 3 aromatic carbocycles. The zero-order valence-electron chi connectivity index (χ0n) is 17.8. The Balaban J connectivity index is 1.20. The van der Waals surface area contributed by atoms with Gasteiger partial charge in [0, 0.05) is 56.8 Å². The molecule has 0 aliphatic heterocycles. The van der Waals surface area contributed by atoms with Gasteiger partial charge in [-0.25, -0.2) is 9.97 Å². The monoisotopic (exact) mass is 482 g/mol. The maximum Gasteiger partial charge on any atom is 0.255 e. The van der Waals surface area contributed by atoms with Gasteiger partial charge in [0.25, 0.3) is 11.8 Å². The maximum absolute atomic E-state index is 12.6. The summed E-state index contributed by atoms with van der Waals surface area (Å²) in [6.45, 7) is 0. The van der Waals surface area contributed by atoms with Gasteiger partial charge in [-0.3, -0.25) is 9.59 Å². The van der Waals surface area contributed by atoms with Gasteiger partial charge in [-0.1, -0.05) is 0 Å². The SMILES string of the molecule is O=C(Nc1ccc(-c2nccs2)cc1)c1ccc(C(=O)Nc2ccc(-c3nccs3)cc2)cc1. The van der Waals surface area contributed by atoms with Gasteiger partial charge in [-0.15, -0.1) is 22.7 Å². The molecule has 0 fully saturated rings. The van der Waals surface area contributed by atoms with E-state index in [4.69, 9.17) is 0 Å². The number of hydrogen-bond acceptors (Lipinski definition) is 6. The molecule has 6 nitrogen and oxygen atoms in total. The molecule has 5 aromatic rings. The van der Waals surface area contributed by atoms with Crippen molar-refractivity contribution in [3.8, 4) is 21.1 Å². The van der Waals surface area contributed by atoms with Gasteiger partial charge in [0.05, 0.1) is 0 Å². The van der Waals surface area contributed by atoms with Crippen LogP contribution >= 0.6 is 22.7 Å². The molecule has 0 saturated heterocycles. The third-order valence-electron chi connectivity index (χ3n) is 5.05. The zero-order chi connectivity index (χ0) is 23.3. The molecule has 166 valence electrons. The first-order valence-corrected chi connectivity index (χ1v) is 12.1. The molecule has 0 saturated carbocycles. The second kappa shape index (κ2) is 9.78. The number of anilines is 2. The Morgan fingerprint density at radius 3 is 1.26 bits per heavy atom. The van der Waals surface area contributed by atoms with Gasteiger partial charge in [0.15, 0.2) is 0 Å². The molecule has 8 heteroatoms. The molecular formula is C26H18N4O2S2. The van der Waals surface area contributed by atoms with Crippen LogP contribution in [-0.4, -0.2) is 21.8 Å². The van der Waals surface area contributed by atoms with Gasteiger partial charge in [-0.05, 0) is 72.8 Å². The smallest absolute Gasteiger partial charge is 0.255 e. The van der Waals surface area contributed by atoms with E-state index in [1.54, 1.807) is 59.3 Å². The quantitative estimate of drug-likeness (QED) is 0.292. The van der Waals surface area contributed by atoms with Crippen molar-refractivity contribution in [1.29, 1.82) is 0 Å². The van der Waals surface area contributed by atoms with Gasteiger partial charge in [0.1, 0.15) is 10.0 Å². The van der Waals surface area contributed by atoms with E-state index in [2.05, 4.69) is 20.6 Å². The average Bonchev–Trinajstić information content (AvgIpc) is 3.60. The lowest BCUT2D eigenvalue weighted by Gasteiger charge is -2.08. The summed E-state index contributed by atoms with van der Waals surface area (Å²) in [7, 11) is 0. The number of aromatic nitrogens is 2. The van der Waals surface area contributed by atoms with Crippen LogP contribution in [0.5, 0.6) is 0 Å². The Hall–Kier alpha value is -4.14. The lowest BCUT2D eigenvalue weighted by molar-refractivity contribution is 0.101. The van der Waals surface area contributed by atoms with Crippen LogP contribution < -0.4 is 10.6 Å². The van der Waals surface area contributed by atoms with Crippen molar-refractivity contribution in [2.24, 2.45) is 0 Å². The summed E-state index contributed by atoms with van der Waals surface area (Å²) in [6, 6.07) is 21.6. The van der Waals surface area contributed by atoms with Crippen molar-refractivity contribution in [3.63, 3.8) is 0 Å². The standard InChI is InChI=1S/C26H18N4O2S2/c31-23(29-21-9-5-19(6-10-21)25-27-13-15-33-25)17-1-2-18(4-3-17)24(32)30-22-11-7-20(8-12-22)26-28-14-16-34-26/h1-16H,(H,29,31)(H,30,32). The van der Waals surface area contributed by atoms with Gasteiger partial charge in [-0.2, -0.15) is 0 Å². The van der Waals surface area contributed by atoms with Crippen LogP contribution in [0.1, 0.15) is 20.7 Å². The van der Waals surface area contributed by atoms with Gasteiger partial charge < -0.3 is 10.6 Å². The number of hydrogen-bond donors (Lipinski definition) is 2. The molecular weight excluding hydrogens is 464 g/mol. The molecule has 0 radical (unpaired) electrons. The molecule has 2 amide bonds. The summed E-state index contributed by atoms with van der Waals surface area (Å²) in [4.78, 5) is 33.8. The molecule has 2 N–H and O–H groups in total. The summed E-state index contributed by atoms with van der Waals surface area (Å²) in [5, 5.41) is 11.5. The number of nitrogens with zero attached hydrogens (tertiary/aromatic N) is 2. The number of nitrogens with one attached hydrogen (secondary N) is 2. The molecule has 0 unspecified atom stereocenters. The summed E-state index contributed by atoms with van der Waals surface area (Å²) in [5.74, 6) is -0.488. The lowest BCUT2D eigenvalue weighted by atomic mass is 10.1. The van der Waals surface area contributed by atoms with E-state index in [0.717, 1.165) is 21.1 Å². The van der Waals surface area contributed by atoms with Crippen LogP contribution in [0, 0.1) is 0 Å². The Labute approximate surface area is 204 Å². The summed E-state index contributed by atoms with van der Waals surface area (Å²) in [5.41, 5.74) is 4.31. The van der Waals surface area contributed by atoms with Crippen LogP contribution in [0.25, 0.3) is 21.1 Å². The summed E-state index contributed by atoms with van der Waals surface area (Å²) < 4.78 is 0. The van der Waals surface area contributed by atoms with Crippen LogP contribution in [0.4, 0.5) is 11.4 Å². The number of thiazole rings is 2. The summed E-state index contributed by atoms with van der Waals surface area (Å²) >= 11 is 3.13. The van der Waals surface area contributed by atoms with Crippen molar-refractivity contribution in [3.05, 3.63) is 107 Å². The molecule has 5 rings (SSSR count). The molecule has 2 heterocycles. The van der Waals surface area contributed by atoms with Crippen molar-refractivity contribution in [2.75, 3.05) is 10.6 Å². The average molecular weight is 483 g/mol. The van der Waals surface area contributed by atoms with Crippen molar-refractivity contribution in [2.45, 2.75) is 0 Å². The molecule has 0 atom stereocenters. The minimum atomic E-state index is -0.244. The molecule has 0 aliphatic rings. The highest BCUT2D eigenvalue weighted by Crippen LogP contribution is 2.24. The molecule has 2 aromatic heterocycles. The van der Waals surface area contributed by atoms with E-state index in [0.29, 0.717) is 22.5 Å². The van der Waals surface area contributed by atoms with Crippen LogP contribution in [0.2, 0.25) is 0 Å². The Bertz CT molecular complexity index is 1280. The Morgan fingerprint density at radius 2 is 0.941 bits per heavy atom. The number of benzene rings is 3. The number of carbonyl (C=O) groups is 2. The van der Waals surface area contributed by atoms with Crippen molar-refractivity contribution < 1.29 is 9.59 Å². The highest BCUT2D eigenvalue weighted by molar-refractivity contribution is 7.13. The van der Waals surface area contributed by atoms with Crippen molar-refractivity contribution in [1.82, 2.24) is 9.97 Å². The normalized spacial score (nSPS) is 10.6. The number of carbonyl (C=O) groups excluding carboxylic acids is 2. The third-order valence-corrected chi connectivity index (χ3v) is 6.70. The van der Waals surface area contributed by atoms with Gasteiger partial charge in [0.2, 0.25) is 0 Å². The summed E-state index contributed by atoms with van der Waals surface area (Å²) in [6.07, 6.45) is 3.53. The van der Waals surface area contributed by atoms with Gasteiger partial charge >= 0.3 is 0 Å². The largest absolute Gasteiger partial charge is 0.322 e. The molecule has 0 spiro atoms. The van der Waals surface area contributed by atoms with E-state index in [-0.39, 0.29) is 11.8 Å². The van der Waals surface area contributed by atoms with Crippen LogP contribution in [0.15, 0.2) is 96.0 Å². The topological polar surface area (TPSA) is 84.0 Å². The fourth-order valence-electron chi connectivity index (χ4n) is 3.30. The highest BCUT2D eigenvalue weighted by atomic mass is 32.1. The first-order chi connectivity index (χ1) is 16.7. The van der Waals surface area contributed by atoms with E-state index < -0.39 is 0 Å². The second-order valence-electron chi connectivity index (χ2n) is 7.31. The highest BCUT2D eigenvalue weighted by Gasteiger charge is 2.11. The number of amides is 2. The molecule has 34 heavy (non-hydrogen) atoms. The van der Waals surface area contributed by atoms with Crippen molar-refractivity contribution >= 4 is 45.9 Å². The fraction of sp³-hybridized carbons (Fsp3) is 0. The van der Waals surface area contributed by atoms with Crippen LogP contribution in [0.3, 0.4) is 0 Å².